The average Bonchev–Trinajstić information content (AvgIpc) is 3.20. The summed E-state index contributed by atoms with van der Waals surface area (Å²) in [5.41, 5.74) is 3.83. The van der Waals surface area contributed by atoms with Crippen LogP contribution in [0.15, 0.2) is 76.3 Å². The molecule has 188 valence electrons. The third-order valence-corrected chi connectivity index (χ3v) is 6.72. The Bertz CT molecular complexity index is 1780. The zero-order chi connectivity index (χ0) is 26.3. The van der Waals surface area contributed by atoms with Gasteiger partial charge in [0, 0.05) is 18.0 Å². The van der Waals surface area contributed by atoms with Crippen molar-refractivity contribution in [1.82, 2.24) is 13.7 Å². The quantitative estimate of drug-likeness (QED) is 0.333. The van der Waals surface area contributed by atoms with Crippen LogP contribution < -0.4 is 16.0 Å². The molecule has 5 rings (SSSR count). The van der Waals surface area contributed by atoms with Crippen LogP contribution in [0.1, 0.15) is 27.0 Å². The van der Waals surface area contributed by atoms with Crippen LogP contribution in [0.25, 0.3) is 21.9 Å². The Morgan fingerprint density at radius 3 is 2.32 bits per heavy atom. The number of nitrogens with zero attached hydrogens (tertiary/aromatic N) is 3. The molecule has 0 N–H and O–H groups in total. The number of aromatic nitrogens is 3. The monoisotopic (exact) mass is 497 g/mol. The molecule has 8 nitrogen and oxygen atoms in total. The second-order valence-electron chi connectivity index (χ2n) is 9.04. The number of hydrogen-bond donors (Lipinski definition) is 0. The maximum atomic E-state index is 14.0. The van der Waals surface area contributed by atoms with Crippen molar-refractivity contribution in [3.63, 3.8) is 0 Å². The first-order valence-electron chi connectivity index (χ1n) is 11.9. The van der Waals surface area contributed by atoms with Gasteiger partial charge < -0.3 is 14.0 Å². The predicted octanol–water partition coefficient (Wildman–Crippen LogP) is 3.86. The van der Waals surface area contributed by atoms with Crippen LogP contribution in [-0.4, -0.2) is 33.9 Å². The molecule has 3 aromatic carbocycles. The first kappa shape index (κ1) is 24.1. The molecule has 0 bridgehead atoms. The first-order chi connectivity index (χ1) is 17.8. The van der Waals surface area contributed by atoms with Crippen molar-refractivity contribution >= 4 is 27.9 Å². The highest BCUT2D eigenvalue weighted by molar-refractivity contribution is 6.06. The fourth-order valence-electron chi connectivity index (χ4n) is 4.88. The van der Waals surface area contributed by atoms with Gasteiger partial charge >= 0.3 is 11.7 Å². The lowest BCUT2D eigenvalue weighted by Gasteiger charge is -2.16. The maximum Gasteiger partial charge on any atom is 0.337 e. The normalized spacial score (nSPS) is 11.2. The molecule has 0 saturated heterocycles. The second-order valence-corrected chi connectivity index (χ2v) is 9.04. The first-order valence-corrected chi connectivity index (χ1v) is 11.9. The van der Waals surface area contributed by atoms with E-state index in [0.29, 0.717) is 27.9 Å². The topological polar surface area (TPSA) is 84.5 Å². The fraction of sp³-hybridized carbons (Fsp3) is 0.207. The van der Waals surface area contributed by atoms with Gasteiger partial charge in [0.15, 0.2) is 0 Å². The molecule has 0 spiro atoms. The van der Waals surface area contributed by atoms with Gasteiger partial charge in [-0.25, -0.2) is 9.59 Å². The summed E-state index contributed by atoms with van der Waals surface area (Å²) in [4.78, 5) is 40.0. The number of carbonyl (C=O) groups is 1. The molecule has 5 aromatic rings. The van der Waals surface area contributed by atoms with E-state index in [0.717, 1.165) is 22.0 Å². The Kier molecular flexibility index (Phi) is 6.17. The number of carbonyl (C=O) groups excluding carboxylic acids is 1. The summed E-state index contributed by atoms with van der Waals surface area (Å²) >= 11 is 0. The van der Waals surface area contributed by atoms with E-state index in [-0.39, 0.29) is 18.6 Å². The van der Waals surface area contributed by atoms with E-state index in [1.54, 1.807) is 22.8 Å². The summed E-state index contributed by atoms with van der Waals surface area (Å²) in [5.74, 6) is 0.0289. The summed E-state index contributed by atoms with van der Waals surface area (Å²) in [6, 6.07) is 20.3. The molecule has 0 amide bonds. The number of fused-ring (bicyclic) bond motifs is 3. The molecule has 0 unspecified atom stereocenters. The minimum atomic E-state index is -0.490. The van der Waals surface area contributed by atoms with E-state index in [1.807, 2.05) is 67.1 Å². The average molecular weight is 498 g/mol. The summed E-state index contributed by atoms with van der Waals surface area (Å²) in [5, 5.41) is 0.807. The SMILES string of the molecule is COC(=O)c1ccc(OC)c(Cn2c(=O)n(Cc3ccccc3)c(=O)c3c2c2cc(C)ccc2n3C)c1. The van der Waals surface area contributed by atoms with Crippen molar-refractivity contribution in [3.8, 4) is 5.75 Å². The van der Waals surface area contributed by atoms with Crippen LogP contribution in [0.5, 0.6) is 5.75 Å². The summed E-state index contributed by atoms with van der Waals surface area (Å²) in [7, 11) is 4.69. The molecular weight excluding hydrogens is 470 g/mol. The van der Waals surface area contributed by atoms with Gasteiger partial charge in [-0.1, -0.05) is 42.0 Å². The Morgan fingerprint density at radius 1 is 0.865 bits per heavy atom. The number of ether oxygens (including phenoxy) is 2. The van der Waals surface area contributed by atoms with Crippen LogP contribution in [0.4, 0.5) is 0 Å². The van der Waals surface area contributed by atoms with Crippen molar-refractivity contribution in [2.45, 2.75) is 20.0 Å². The van der Waals surface area contributed by atoms with Crippen LogP contribution >= 0.6 is 0 Å². The Hall–Kier alpha value is -4.59. The number of esters is 1. The number of hydrogen-bond acceptors (Lipinski definition) is 5. The van der Waals surface area contributed by atoms with Crippen molar-refractivity contribution in [2.24, 2.45) is 7.05 Å². The predicted molar refractivity (Wildman–Crippen MR) is 143 cm³/mol. The van der Waals surface area contributed by atoms with Crippen LogP contribution in [0.2, 0.25) is 0 Å². The van der Waals surface area contributed by atoms with Gasteiger partial charge in [0.2, 0.25) is 0 Å². The molecule has 2 heterocycles. The Labute approximate surface area is 212 Å². The van der Waals surface area contributed by atoms with Crippen molar-refractivity contribution in [3.05, 3.63) is 110 Å². The molecule has 0 radical (unpaired) electrons. The van der Waals surface area contributed by atoms with Gasteiger partial charge in [0.1, 0.15) is 11.3 Å². The van der Waals surface area contributed by atoms with E-state index in [1.165, 1.54) is 18.8 Å². The largest absolute Gasteiger partial charge is 0.496 e. The minimum absolute atomic E-state index is 0.0888. The van der Waals surface area contributed by atoms with E-state index in [4.69, 9.17) is 9.47 Å². The Balaban J connectivity index is 1.84. The summed E-state index contributed by atoms with van der Waals surface area (Å²) in [6.07, 6.45) is 0. The lowest BCUT2D eigenvalue weighted by Crippen LogP contribution is -2.41. The van der Waals surface area contributed by atoms with Crippen LogP contribution in [-0.2, 0) is 24.9 Å². The van der Waals surface area contributed by atoms with E-state index >= 15 is 0 Å². The lowest BCUT2D eigenvalue weighted by atomic mass is 10.1. The maximum absolute atomic E-state index is 14.0. The highest BCUT2D eigenvalue weighted by Crippen LogP contribution is 2.28. The van der Waals surface area contributed by atoms with Gasteiger partial charge in [-0.15, -0.1) is 0 Å². The van der Waals surface area contributed by atoms with E-state index in [9.17, 15) is 14.4 Å². The molecule has 2 aromatic heterocycles. The highest BCUT2D eigenvalue weighted by Gasteiger charge is 2.22. The number of methoxy groups -OCH3 is 2. The van der Waals surface area contributed by atoms with Crippen LogP contribution in [0.3, 0.4) is 0 Å². The summed E-state index contributed by atoms with van der Waals surface area (Å²) in [6.45, 7) is 2.19. The summed E-state index contributed by atoms with van der Waals surface area (Å²) < 4.78 is 15.1. The van der Waals surface area contributed by atoms with Crippen LogP contribution in [0, 0.1) is 6.92 Å². The molecular formula is C29H27N3O5. The molecule has 0 fully saturated rings. The molecule has 0 atom stereocenters. The number of benzene rings is 3. The van der Waals surface area contributed by atoms with Crippen molar-refractivity contribution in [1.29, 1.82) is 0 Å². The third-order valence-electron chi connectivity index (χ3n) is 6.72. The van der Waals surface area contributed by atoms with Crippen molar-refractivity contribution < 1.29 is 14.3 Å². The standard InChI is InChI=1S/C29H27N3O5/c1-18-10-12-23-22(14-18)25-26(30(23)2)27(33)32(16-19-8-6-5-7-9-19)29(35)31(25)17-21-15-20(28(34)37-4)11-13-24(21)36-3/h5-15H,16-17H2,1-4H3. The zero-order valence-electron chi connectivity index (χ0n) is 21.1. The van der Waals surface area contributed by atoms with Gasteiger partial charge in [-0.2, -0.15) is 0 Å². The number of aryl methyl sites for hydroxylation is 2. The van der Waals surface area contributed by atoms with Gasteiger partial charge in [0.05, 0.1) is 43.9 Å². The van der Waals surface area contributed by atoms with Crippen molar-refractivity contribution in [2.75, 3.05) is 14.2 Å². The zero-order valence-corrected chi connectivity index (χ0v) is 21.1. The number of rotatable bonds is 6. The highest BCUT2D eigenvalue weighted by atomic mass is 16.5. The smallest absolute Gasteiger partial charge is 0.337 e. The molecule has 0 aliphatic heterocycles. The molecule has 0 aliphatic rings. The minimum Gasteiger partial charge on any atom is -0.496 e. The molecule has 8 heteroatoms. The van der Waals surface area contributed by atoms with Gasteiger partial charge in [0.25, 0.3) is 5.56 Å². The molecule has 37 heavy (non-hydrogen) atoms. The second kappa shape index (κ2) is 9.46. The molecule has 0 aliphatic carbocycles. The van der Waals surface area contributed by atoms with E-state index in [2.05, 4.69) is 0 Å². The van der Waals surface area contributed by atoms with E-state index < -0.39 is 11.7 Å². The molecule has 0 saturated carbocycles. The van der Waals surface area contributed by atoms with Gasteiger partial charge in [-0.3, -0.25) is 13.9 Å². The third kappa shape index (κ3) is 4.10. The Morgan fingerprint density at radius 2 is 1.62 bits per heavy atom. The lowest BCUT2D eigenvalue weighted by molar-refractivity contribution is 0.0600. The fourth-order valence-corrected chi connectivity index (χ4v) is 4.88. The van der Waals surface area contributed by atoms with Gasteiger partial charge in [-0.05, 0) is 42.8 Å².